The minimum atomic E-state index is -1.11. The standard InChI is InChI=1S/C29H31N3O2/c1-6-31(7-2)24-16-15-21(18-19(24)4)29(27-23(28(33)34-29)13-11-17-30-27)26-20(5)32(8-3)25-14-10-9-12-22(25)26/h9-18H,6-8H2,1-5H3. The Morgan fingerprint density at radius 3 is 2.47 bits per heavy atom. The highest BCUT2D eigenvalue weighted by Crippen LogP contribution is 2.50. The molecule has 0 fully saturated rings. The second kappa shape index (κ2) is 8.32. The predicted molar refractivity (Wildman–Crippen MR) is 137 cm³/mol. The van der Waals surface area contributed by atoms with E-state index in [1.807, 2.05) is 12.1 Å². The predicted octanol–water partition coefficient (Wildman–Crippen LogP) is 5.98. The zero-order chi connectivity index (χ0) is 24.0. The second-order valence-electron chi connectivity index (χ2n) is 8.87. The number of esters is 1. The fraction of sp³-hybridized carbons (Fsp3) is 0.310. The largest absolute Gasteiger partial charge is 0.439 e. The molecule has 0 bridgehead atoms. The minimum Gasteiger partial charge on any atom is -0.439 e. The van der Waals surface area contributed by atoms with E-state index in [-0.39, 0.29) is 5.97 Å². The van der Waals surface area contributed by atoms with Crippen LogP contribution in [-0.4, -0.2) is 28.6 Å². The van der Waals surface area contributed by atoms with Crippen molar-refractivity contribution >= 4 is 22.6 Å². The maximum atomic E-state index is 13.2. The van der Waals surface area contributed by atoms with Gasteiger partial charge < -0.3 is 14.2 Å². The maximum Gasteiger partial charge on any atom is 0.341 e. The molecule has 0 N–H and O–H groups in total. The van der Waals surface area contributed by atoms with Gasteiger partial charge in [-0.25, -0.2) is 4.79 Å². The topological polar surface area (TPSA) is 47.4 Å². The Balaban J connectivity index is 1.87. The summed E-state index contributed by atoms with van der Waals surface area (Å²) in [7, 11) is 0. The summed E-state index contributed by atoms with van der Waals surface area (Å²) in [6, 6.07) is 18.4. The van der Waals surface area contributed by atoms with Crippen molar-refractivity contribution in [1.29, 1.82) is 0 Å². The molecule has 1 aliphatic heterocycles. The number of hydrogen-bond acceptors (Lipinski definition) is 4. The Labute approximate surface area is 201 Å². The summed E-state index contributed by atoms with van der Waals surface area (Å²) in [6.07, 6.45) is 1.75. The number of fused-ring (bicyclic) bond motifs is 2. The second-order valence-corrected chi connectivity index (χ2v) is 8.87. The van der Waals surface area contributed by atoms with Crippen LogP contribution in [0.2, 0.25) is 0 Å². The first kappa shape index (κ1) is 22.2. The van der Waals surface area contributed by atoms with Crippen molar-refractivity contribution in [2.45, 2.75) is 46.8 Å². The van der Waals surface area contributed by atoms with Crippen LogP contribution in [0.4, 0.5) is 5.69 Å². The number of hydrogen-bond donors (Lipinski definition) is 0. The van der Waals surface area contributed by atoms with Crippen LogP contribution in [0.5, 0.6) is 0 Å². The average Bonchev–Trinajstić information content (AvgIpc) is 3.31. The molecule has 4 aromatic rings. The molecule has 3 heterocycles. The van der Waals surface area contributed by atoms with Crippen molar-refractivity contribution in [3.05, 3.63) is 94.4 Å². The van der Waals surface area contributed by atoms with Crippen molar-refractivity contribution in [2.75, 3.05) is 18.0 Å². The van der Waals surface area contributed by atoms with Gasteiger partial charge in [0, 0.05) is 59.2 Å². The summed E-state index contributed by atoms with van der Waals surface area (Å²) in [5.41, 5.74) is 6.57. The van der Waals surface area contributed by atoms with Gasteiger partial charge in [-0.3, -0.25) is 4.98 Å². The Bertz CT molecular complexity index is 1400. The van der Waals surface area contributed by atoms with Crippen LogP contribution in [0, 0.1) is 13.8 Å². The Morgan fingerprint density at radius 2 is 1.76 bits per heavy atom. The highest BCUT2D eigenvalue weighted by atomic mass is 16.6. The van der Waals surface area contributed by atoms with E-state index in [0.717, 1.165) is 52.9 Å². The molecule has 1 unspecified atom stereocenters. The van der Waals surface area contributed by atoms with Crippen LogP contribution < -0.4 is 4.90 Å². The zero-order valence-corrected chi connectivity index (χ0v) is 20.6. The molecule has 2 aromatic carbocycles. The number of nitrogens with zero attached hydrogens (tertiary/aromatic N) is 3. The van der Waals surface area contributed by atoms with Crippen molar-refractivity contribution in [1.82, 2.24) is 9.55 Å². The third-order valence-corrected chi connectivity index (χ3v) is 7.21. The smallest absolute Gasteiger partial charge is 0.341 e. The number of pyridine rings is 1. The highest BCUT2D eigenvalue weighted by molar-refractivity contribution is 5.98. The lowest BCUT2D eigenvalue weighted by Gasteiger charge is -2.31. The lowest BCUT2D eigenvalue weighted by molar-refractivity contribution is 0.0245. The first-order valence-electron chi connectivity index (χ1n) is 12.1. The number of para-hydroxylation sites is 1. The highest BCUT2D eigenvalue weighted by Gasteiger charge is 2.52. The van der Waals surface area contributed by atoms with Crippen LogP contribution in [0.3, 0.4) is 0 Å². The van der Waals surface area contributed by atoms with E-state index in [9.17, 15) is 4.79 Å². The van der Waals surface area contributed by atoms with Gasteiger partial charge in [-0.05, 0) is 70.5 Å². The molecule has 0 aliphatic carbocycles. The number of anilines is 1. The summed E-state index contributed by atoms with van der Waals surface area (Å²) in [6.45, 7) is 13.4. The van der Waals surface area contributed by atoms with E-state index in [4.69, 9.17) is 9.72 Å². The first-order valence-corrected chi connectivity index (χ1v) is 12.1. The monoisotopic (exact) mass is 453 g/mol. The molecular weight excluding hydrogens is 422 g/mol. The van der Waals surface area contributed by atoms with Gasteiger partial charge in [-0.15, -0.1) is 0 Å². The molecule has 2 aromatic heterocycles. The van der Waals surface area contributed by atoms with Crippen LogP contribution in [0.15, 0.2) is 60.8 Å². The van der Waals surface area contributed by atoms with Gasteiger partial charge in [0.25, 0.3) is 0 Å². The van der Waals surface area contributed by atoms with Gasteiger partial charge in [0.15, 0.2) is 0 Å². The average molecular weight is 454 g/mol. The molecule has 5 nitrogen and oxygen atoms in total. The SMILES string of the molecule is CCN(CC)c1ccc(C2(c3c(C)n(CC)c4ccccc34)OC(=O)c3cccnc32)cc1C. The molecule has 0 saturated carbocycles. The first-order chi connectivity index (χ1) is 16.5. The summed E-state index contributed by atoms with van der Waals surface area (Å²) in [5, 5.41) is 1.08. The lowest BCUT2D eigenvalue weighted by atomic mass is 9.80. The molecule has 34 heavy (non-hydrogen) atoms. The van der Waals surface area contributed by atoms with Crippen LogP contribution >= 0.6 is 0 Å². The quantitative estimate of drug-likeness (QED) is 0.337. The molecule has 0 radical (unpaired) electrons. The van der Waals surface area contributed by atoms with Crippen molar-refractivity contribution in [3.63, 3.8) is 0 Å². The van der Waals surface area contributed by atoms with Gasteiger partial charge in [0.2, 0.25) is 5.60 Å². The molecule has 0 saturated heterocycles. The van der Waals surface area contributed by atoms with E-state index < -0.39 is 5.60 Å². The summed E-state index contributed by atoms with van der Waals surface area (Å²) in [4.78, 5) is 20.3. The van der Waals surface area contributed by atoms with Gasteiger partial charge in [0.05, 0.1) is 5.56 Å². The molecular formula is C29H31N3O2. The Hall–Kier alpha value is -3.60. The number of rotatable bonds is 6. The van der Waals surface area contributed by atoms with E-state index in [1.165, 1.54) is 5.69 Å². The minimum absolute atomic E-state index is 0.332. The van der Waals surface area contributed by atoms with E-state index in [1.54, 1.807) is 12.3 Å². The van der Waals surface area contributed by atoms with Crippen molar-refractivity contribution in [3.8, 4) is 0 Å². The summed E-state index contributed by atoms with van der Waals surface area (Å²) >= 11 is 0. The third-order valence-electron chi connectivity index (χ3n) is 7.21. The maximum absolute atomic E-state index is 13.2. The molecule has 5 heteroatoms. The van der Waals surface area contributed by atoms with E-state index in [0.29, 0.717) is 11.3 Å². The molecule has 174 valence electrons. The zero-order valence-electron chi connectivity index (χ0n) is 20.6. The molecule has 0 amide bonds. The van der Waals surface area contributed by atoms with Gasteiger partial charge in [-0.1, -0.05) is 24.3 Å². The van der Waals surface area contributed by atoms with Crippen LogP contribution in [0.1, 0.15) is 59.2 Å². The summed E-state index contributed by atoms with van der Waals surface area (Å²) in [5.74, 6) is -0.332. The molecule has 1 aliphatic rings. The van der Waals surface area contributed by atoms with Crippen LogP contribution in [0.25, 0.3) is 10.9 Å². The van der Waals surface area contributed by atoms with Gasteiger partial charge in [0.1, 0.15) is 5.69 Å². The number of benzene rings is 2. The van der Waals surface area contributed by atoms with E-state index >= 15 is 0 Å². The Kier molecular flexibility index (Phi) is 5.43. The van der Waals surface area contributed by atoms with Gasteiger partial charge in [-0.2, -0.15) is 0 Å². The number of ether oxygens (including phenoxy) is 1. The number of carbonyl (C=O) groups excluding carboxylic acids is 1. The van der Waals surface area contributed by atoms with Crippen molar-refractivity contribution < 1.29 is 9.53 Å². The summed E-state index contributed by atoms with van der Waals surface area (Å²) < 4.78 is 8.71. The number of carbonyl (C=O) groups is 1. The molecule has 5 rings (SSSR count). The fourth-order valence-corrected chi connectivity index (χ4v) is 5.68. The lowest BCUT2D eigenvalue weighted by Crippen LogP contribution is -2.32. The van der Waals surface area contributed by atoms with Gasteiger partial charge >= 0.3 is 5.97 Å². The normalized spacial score (nSPS) is 17.1. The van der Waals surface area contributed by atoms with Crippen molar-refractivity contribution in [2.24, 2.45) is 0 Å². The fourth-order valence-electron chi connectivity index (χ4n) is 5.68. The number of aromatic nitrogens is 2. The van der Waals surface area contributed by atoms with E-state index in [2.05, 4.69) is 80.5 Å². The number of cyclic esters (lactones) is 1. The molecule has 1 atom stereocenters. The molecule has 0 spiro atoms. The van der Waals surface area contributed by atoms with Crippen LogP contribution in [-0.2, 0) is 16.9 Å². The third kappa shape index (κ3) is 2.99. The Morgan fingerprint density at radius 1 is 1.00 bits per heavy atom. The number of aryl methyl sites for hydroxylation is 2.